The highest BCUT2D eigenvalue weighted by atomic mass is 35.5. The molecule has 8 heteroatoms. The molecule has 0 spiro atoms. The van der Waals surface area contributed by atoms with Crippen LogP contribution < -0.4 is 21.1 Å². The van der Waals surface area contributed by atoms with Crippen molar-refractivity contribution in [2.24, 2.45) is 5.73 Å². The number of pyridine rings is 1. The van der Waals surface area contributed by atoms with Crippen molar-refractivity contribution in [2.75, 3.05) is 6.54 Å². The number of hydrogen-bond acceptors (Lipinski definition) is 5. The van der Waals surface area contributed by atoms with E-state index in [1.807, 2.05) is 48.5 Å². The molecule has 0 aliphatic rings. The first-order chi connectivity index (χ1) is 17.6. The highest BCUT2D eigenvalue weighted by Gasteiger charge is 2.22. The minimum absolute atomic E-state index is 0. The summed E-state index contributed by atoms with van der Waals surface area (Å²) < 4.78 is 5.83. The van der Waals surface area contributed by atoms with Crippen molar-refractivity contribution in [1.82, 2.24) is 15.6 Å². The molecule has 0 radical (unpaired) electrons. The van der Waals surface area contributed by atoms with Crippen LogP contribution in [0.3, 0.4) is 0 Å². The van der Waals surface area contributed by atoms with Gasteiger partial charge in [-0.2, -0.15) is 0 Å². The maximum absolute atomic E-state index is 13.0. The number of nitrogens with one attached hydrogen (secondary N) is 2. The van der Waals surface area contributed by atoms with Crippen LogP contribution in [0.5, 0.6) is 5.75 Å². The molecule has 7 nitrogen and oxygen atoms in total. The number of ether oxygens (including phenoxy) is 1. The van der Waals surface area contributed by atoms with Crippen LogP contribution in [-0.2, 0) is 24.4 Å². The monoisotopic (exact) mass is 524 g/mol. The van der Waals surface area contributed by atoms with Crippen LogP contribution in [0, 0.1) is 0 Å². The molecule has 2 aromatic carbocycles. The Balaban J connectivity index is 0.00000481. The fourth-order valence-electron chi connectivity index (χ4n) is 3.74. The molecule has 0 bridgehead atoms. The molecular weight excluding hydrogens is 488 g/mol. The van der Waals surface area contributed by atoms with Crippen molar-refractivity contribution in [1.29, 1.82) is 0 Å². The summed E-state index contributed by atoms with van der Waals surface area (Å²) in [5, 5.41) is 5.90. The van der Waals surface area contributed by atoms with Crippen LogP contribution in [0.4, 0.5) is 0 Å². The van der Waals surface area contributed by atoms with Gasteiger partial charge in [0, 0.05) is 43.0 Å². The third-order valence-corrected chi connectivity index (χ3v) is 5.89. The van der Waals surface area contributed by atoms with Gasteiger partial charge in [-0.25, -0.2) is 0 Å². The Morgan fingerprint density at radius 2 is 1.68 bits per heavy atom. The number of halogens is 1. The molecule has 0 aliphatic carbocycles. The van der Waals surface area contributed by atoms with E-state index in [0.29, 0.717) is 31.7 Å². The summed E-state index contributed by atoms with van der Waals surface area (Å²) in [4.78, 5) is 30.0. The van der Waals surface area contributed by atoms with E-state index in [1.54, 1.807) is 24.5 Å². The zero-order valence-corrected chi connectivity index (χ0v) is 22.1. The zero-order chi connectivity index (χ0) is 25.6. The number of nitrogens with two attached hydrogens (primary N) is 1. The first-order valence-electron chi connectivity index (χ1n) is 12.6. The second kappa shape index (κ2) is 16.3. The smallest absolute Gasteiger partial charge is 0.251 e. The molecule has 0 saturated carbocycles. The lowest BCUT2D eigenvalue weighted by Gasteiger charge is -2.19. The summed E-state index contributed by atoms with van der Waals surface area (Å²) in [5.74, 6) is 0.250. The van der Waals surface area contributed by atoms with Gasteiger partial charge in [-0.05, 0) is 47.9 Å². The SMILES string of the molecule is CCCCCCNC(=O)C(Cc1ccc(OCc2cccnc2)cc1)NC(=O)c1ccc(CN)cc1.Cl. The summed E-state index contributed by atoms with van der Waals surface area (Å²) in [6.45, 7) is 3.58. The number of aromatic nitrogens is 1. The van der Waals surface area contributed by atoms with E-state index in [9.17, 15) is 9.59 Å². The van der Waals surface area contributed by atoms with Gasteiger partial charge in [0.25, 0.3) is 5.91 Å². The third-order valence-electron chi connectivity index (χ3n) is 5.89. The van der Waals surface area contributed by atoms with Crippen molar-refractivity contribution < 1.29 is 14.3 Å². The lowest BCUT2D eigenvalue weighted by Crippen LogP contribution is -2.48. The average Bonchev–Trinajstić information content (AvgIpc) is 2.92. The molecule has 0 saturated heterocycles. The van der Waals surface area contributed by atoms with E-state index >= 15 is 0 Å². The van der Waals surface area contributed by atoms with E-state index in [-0.39, 0.29) is 24.2 Å². The molecular formula is C29H37ClN4O3. The standard InChI is InChI=1S/C29H36N4O3.ClH/c1-2-3-4-5-17-32-29(35)27(33-28(34)25-12-8-23(19-30)9-13-25)18-22-10-14-26(15-11-22)36-21-24-7-6-16-31-20-24;/h6-16,20,27H,2-5,17-19,21,30H2,1H3,(H,32,35)(H,33,34);1H. The predicted molar refractivity (Wildman–Crippen MR) is 149 cm³/mol. The summed E-state index contributed by atoms with van der Waals surface area (Å²) in [6, 6.07) is 17.8. The van der Waals surface area contributed by atoms with Gasteiger partial charge in [-0.15, -0.1) is 12.4 Å². The third kappa shape index (κ3) is 10.2. The predicted octanol–water partition coefficient (Wildman–Crippen LogP) is 4.58. The Kier molecular flexibility index (Phi) is 13.2. The van der Waals surface area contributed by atoms with Gasteiger partial charge in [0.15, 0.2) is 0 Å². The maximum Gasteiger partial charge on any atom is 0.251 e. The number of carbonyl (C=O) groups excluding carboxylic acids is 2. The van der Waals surface area contributed by atoms with Crippen LogP contribution in [-0.4, -0.2) is 29.4 Å². The Morgan fingerprint density at radius 3 is 2.32 bits per heavy atom. The number of hydrogen-bond donors (Lipinski definition) is 3. The number of rotatable bonds is 14. The topological polar surface area (TPSA) is 106 Å². The number of carbonyl (C=O) groups is 2. The largest absolute Gasteiger partial charge is 0.489 e. The Labute approximate surface area is 225 Å². The van der Waals surface area contributed by atoms with Gasteiger partial charge in [0.05, 0.1) is 0 Å². The number of amides is 2. The minimum atomic E-state index is -0.694. The molecule has 1 unspecified atom stereocenters. The van der Waals surface area contributed by atoms with Gasteiger partial charge in [0.2, 0.25) is 5.91 Å². The molecule has 3 aromatic rings. The lowest BCUT2D eigenvalue weighted by atomic mass is 10.0. The van der Waals surface area contributed by atoms with E-state index in [0.717, 1.165) is 48.1 Å². The minimum Gasteiger partial charge on any atom is -0.489 e. The van der Waals surface area contributed by atoms with E-state index < -0.39 is 6.04 Å². The Bertz CT molecular complexity index is 1080. The molecule has 4 N–H and O–H groups in total. The van der Waals surface area contributed by atoms with Gasteiger partial charge in [-0.1, -0.05) is 56.5 Å². The fourth-order valence-corrected chi connectivity index (χ4v) is 3.74. The van der Waals surface area contributed by atoms with Gasteiger partial charge in [-0.3, -0.25) is 14.6 Å². The lowest BCUT2D eigenvalue weighted by molar-refractivity contribution is -0.122. The number of unbranched alkanes of at least 4 members (excludes halogenated alkanes) is 3. The Hall–Kier alpha value is -3.42. The van der Waals surface area contributed by atoms with Crippen molar-refractivity contribution >= 4 is 24.2 Å². The first kappa shape index (κ1) is 29.8. The molecule has 0 fully saturated rings. The van der Waals surface area contributed by atoms with Crippen LogP contribution >= 0.6 is 12.4 Å². The highest BCUT2D eigenvalue weighted by Crippen LogP contribution is 2.16. The first-order valence-corrected chi connectivity index (χ1v) is 12.6. The summed E-state index contributed by atoms with van der Waals surface area (Å²) in [7, 11) is 0. The molecule has 3 rings (SSSR count). The van der Waals surface area contributed by atoms with Crippen molar-refractivity contribution in [2.45, 2.75) is 58.2 Å². The number of benzene rings is 2. The fraction of sp³-hybridized carbons (Fsp3) is 0.345. The van der Waals surface area contributed by atoms with Crippen molar-refractivity contribution in [3.05, 3.63) is 95.3 Å². The molecule has 198 valence electrons. The Morgan fingerprint density at radius 1 is 0.946 bits per heavy atom. The van der Waals surface area contributed by atoms with Crippen LogP contribution in [0.2, 0.25) is 0 Å². The normalized spacial score (nSPS) is 11.2. The zero-order valence-electron chi connectivity index (χ0n) is 21.3. The molecule has 0 aliphatic heterocycles. The number of nitrogens with zero attached hydrogens (tertiary/aromatic N) is 1. The van der Waals surface area contributed by atoms with Gasteiger partial charge >= 0.3 is 0 Å². The van der Waals surface area contributed by atoms with Crippen LogP contribution in [0.15, 0.2) is 73.1 Å². The van der Waals surface area contributed by atoms with Crippen LogP contribution in [0.1, 0.15) is 59.7 Å². The van der Waals surface area contributed by atoms with Gasteiger partial charge < -0.3 is 21.1 Å². The molecule has 1 heterocycles. The van der Waals surface area contributed by atoms with E-state index in [2.05, 4.69) is 22.5 Å². The molecule has 1 atom stereocenters. The van der Waals surface area contributed by atoms with Crippen molar-refractivity contribution in [3.8, 4) is 5.75 Å². The quantitative estimate of drug-likeness (QED) is 0.268. The van der Waals surface area contributed by atoms with Crippen LogP contribution in [0.25, 0.3) is 0 Å². The second-order valence-corrected chi connectivity index (χ2v) is 8.78. The van der Waals surface area contributed by atoms with Gasteiger partial charge in [0.1, 0.15) is 18.4 Å². The maximum atomic E-state index is 13.0. The molecule has 37 heavy (non-hydrogen) atoms. The average molecular weight is 525 g/mol. The molecule has 1 aromatic heterocycles. The summed E-state index contributed by atoms with van der Waals surface area (Å²) >= 11 is 0. The second-order valence-electron chi connectivity index (χ2n) is 8.78. The summed E-state index contributed by atoms with van der Waals surface area (Å²) in [5.41, 5.74) is 9.00. The van der Waals surface area contributed by atoms with Crippen molar-refractivity contribution in [3.63, 3.8) is 0 Å². The van der Waals surface area contributed by atoms with E-state index in [1.165, 1.54) is 0 Å². The van der Waals surface area contributed by atoms with E-state index in [4.69, 9.17) is 10.5 Å². The highest BCUT2D eigenvalue weighted by molar-refractivity contribution is 5.97. The molecule has 2 amide bonds. The summed E-state index contributed by atoms with van der Waals surface area (Å²) in [6.07, 6.45) is 8.14.